The van der Waals surface area contributed by atoms with Gasteiger partial charge in [0, 0.05) is 26.2 Å². The number of pyridine rings is 1. The van der Waals surface area contributed by atoms with Crippen LogP contribution >= 0.6 is 0 Å². The second-order valence-corrected chi connectivity index (χ2v) is 6.27. The van der Waals surface area contributed by atoms with E-state index in [1.165, 1.54) is 4.90 Å². The van der Waals surface area contributed by atoms with Crippen LogP contribution in [-0.2, 0) is 0 Å². The number of hydrogen-bond donors (Lipinski definition) is 0. The van der Waals surface area contributed by atoms with E-state index in [2.05, 4.69) is 20.2 Å². The first-order valence-electron chi connectivity index (χ1n) is 7.95. The largest absolute Gasteiger partial charge is 0.345 e. The molecule has 0 aliphatic carbocycles. The molecule has 3 aromatic rings. The molecule has 8 nitrogen and oxygen atoms in total. The van der Waals surface area contributed by atoms with Crippen LogP contribution in [0, 0.1) is 6.92 Å². The topological polar surface area (TPSA) is 89.9 Å². The average molecular weight is 340 g/mol. The Morgan fingerprint density at radius 3 is 2.56 bits per heavy atom. The van der Waals surface area contributed by atoms with Gasteiger partial charge in [-0.05, 0) is 19.1 Å². The first-order chi connectivity index (χ1) is 11.9. The van der Waals surface area contributed by atoms with Crippen molar-refractivity contribution in [1.82, 2.24) is 29.8 Å². The van der Waals surface area contributed by atoms with E-state index < -0.39 is 0 Å². The van der Waals surface area contributed by atoms with Gasteiger partial charge in [0.25, 0.3) is 11.8 Å². The Hall–Kier alpha value is -3.03. The van der Waals surface area contributed by atoms with E-state index in [0.717, 1.165) is 11.3 Å². The number of carbonyl (C=O) groups excluding carboxylic acids is 1. The molecule has 3 heterocycles. The summed E-state index contributed by atoms with van der Waals surface area (Å²) in [6, 6.07) is 3.65. The Balaban J connectivity index is 1.89. The predicted octanol–water partition coefficient (Wildman–Crippen LogP) is 2.45. The van der Waals surface area contributed by atoms with Crippen LogP contribution in [0.25, 0.3) is 17.3 Å². The van der Waals surface area contributed by atoms with Crippen molar-refractivity contribution in [3.05, 3.63) is 41.6 Å². The van der Waals surface area contributed by atoms with E-state index in [0.29, 0.717) is 23.1 Å². The zero-order chi connectivity index (χ0) is 18.1. The highest BCUT2D eigenvalue weighted by Crippen LogP contribution is 2.21. The number of aromatic nitrogens is 5. The van der Waals surface area contributed by atoms with Gasteiger partial charge in [-0.2, -0.15) is 10.1 Å². The summed E-state index contributed by atoms with van der Waals surface area (Å²) in [5.41, 5.74) is 2.02. The molecule has 0 bridgehead atoms. The third kappa shape index (κ3) is 3.15. The van der Waals surface area contributed by atoms with Crippen molar-refractivity contribution >= 4 is 5.91 Å². The molecule has 0 fully saturated rings. The maximum absolute atomic E-state index is 12.1. The van der Waals surface area contributed by atoms with Crippen LogP contribution in [0.4, 0.5) is 0 Å². The molecule has 0 aliphatic rings. The molecule has 0 atom stereocenters. The number of rotatable bonds is 4. The van der Waals surface area contributed by atoms with Gasteiger partial charge in [-0.25, -0.2) is 9.67 Å². The molecule has 3 rings (SSSR count). The second-order valence-electron chi connectivity index (χ2n) is 6.27. The lowest BCUT2D eigenvalue weighted by Crippen LogP contribution is -2.22. The van der Waals surface area contributed by atoms with Crippen LogP contribution in [0.2, 0.25) is 0 Å². The number of amides is 1. The zero-order valence-corrected chi connectivity index (χ0v) is 14.9. The molecular weight excluding hydrogens is 320 g/mol. The third-order valence-corrected chi connectivity index (χ3v) is 3.82. The number of carbonyl (C=O) groups is 1. The molecule has 0 saturated carbocycles. The lowest BCUT2D eigenvalue weighted by Gasteiger charge is -2.09. The van der Waals surface area contributed by atoms with E-state index >= 15 is 0 Å². The van der Waals surface area contributed by atoms with Crippen molar-refractivity contribution in [3.63, 3.8) is 0 Å². The van der Waals surface area contributed by atoms with Crippen molar-refractivity contribution in [2.45, 2.75) is 26.7 Å². The van der Waals surface area contributed by atoms with Crippen molar-refractivity contribution in [1.29, 1.82) is 0 Å². The molecule has 8 heteroatoms. The minimum atomic E-state index is -0.0903. The minimum Gasteiger partial charge on any atom is -0.345 e. The quantitative estimate of drug-likeness (QED) is 0.724. The molecule has 0 N–H and O–H groups in total. The summed E-state index contributed by atoms with van der Waals surface area (Å²) in [4.78, 5) is 22.4. The van der Waals surface area contributed by atoms with Gasteiger partial charge in [-0.15, -0.1) is 0 Å². The van der Waals surface area contributed by atoms with Crippen LogP contribution in [-0.4, -0.2) is 49.8 Å². The molecule has 0 spiro atoms. The highest BCUT2D eigenvalue weighted by Gasteiger charge is 2.17. The summed E-state index contributed by atoms with van der Waals surface area (Å²) < 4.78 is 6.90. The molecular formula is C17H20N6O2. The van der Waals surface area contributed by atoms with E-state index in [1.54, 1.807) is 37.2 Å². The summed E-state index contributed by atoms with van der Waals surface area (Å²) in [5.74, 6) is 1.82. The number of hydrogen-bond acceptors (Lipinski definition) is 6. The Labute approximate surface area is 145 Å². The highest BCUT2D eigenvalue weighted by molar-refractivity contribution is 5.94. The van der Waals surface area contributed by atoms with Crippen LogP contribution in [0.5, 0.6) is 0 Å². The fraction of sp³-hybridized carbons (Fsp3) is 0.353. The molecule has 130 valence electrons. The van der Waals surface area contributed by atoms with Crippen molar-refractivity contribution in [3.8, 4) is 17.3 Å². The lowest BCUT2D eigenvalue weighted by molar-refractivity contribution is 0.0827. The van der Waals surface area contributed by atoms with Crippen molar-refractivity contribution in [2.75, 3.05) is 14.1 Å². The molecule has 25 heavy (non-hydrogen) atoms. The van der Waals surface area contributed by atoms with Gasteiger partial charge >= 0.3 is 0 Å². The van der Waals surface area contributed by atoms with Crippen LogP contribution in [0.3, 0.4) is 0 Å². The second kappa shape index (κ2) is 6.46. The zero-order valence-electron chi connectivity index (χ0n) is 14.9. The first kappa shape index (κ1) is 16.8. The number of nitrogens with zero attached hydrogens (tertiary/aromatic N) is 6. The Morgan fingerprint density at radius 1 is 1.24 bits per heavy atom. The maximum Gasteiger partial charge on any atom is 0.259 e. The lowest BCUT2D eigenvalue weighted by atomic mass is 10.2. The summed E-state index contributed by atoms with van der Waals surface area (Å²) in [7, 11) is 3.42. The van der Waals surface area contributed by atoms with E-state index in [9.17, 15) is 4.79 Å². The minimum absolute atomic E-state index is 0.0903. The molecule has 1 amide bonds. The summed E-state index contributed by atoms with van der Waals surface area (Å²) in [5, 5.41) is 8.23. The fourth-order valence-corrected chi connectivity index (χ4v) is 2.32. The van der Waals surface area contributed by atoms with Gasteiger partial charge in [-0.3, -0.25) is 4.79 Å². The standard InChI is InChI=1S/C17H20N6O2/c1-10(2)15-20-16(25-21-15)12-6-7-14(18-8-12)23-11(3)13(9-19-23)17(24)22(4)5/h6-10H,1-5H3. The van der Waals surface area contributed by atoms with Gasteiger partial charge in [0.1, 0.15) is 0 Å². The normalized spacial score (nSPS) is 11.1. The summed E-state index contributed by atoms with van der Waals surface area (Å²) >= 11 is 0. The van der Waals surface area contributed by atoms with Gasteiger partial charge in [0.2, 0.25) is 0 Å². The molecule has 0 aromatic carbocycles. The van der Waals surface area contributed by atoms with E-state index in [4.69, 9.17) is 4.52 Å². The van der Waals surface area contributed by atoms with Gasteiger partial charge in [0.15, 0.2) is 11.6 Å². The SMILES string of the molecule is Cc1c(C(=O)N(C)C)cnn1-c1ccc(-c2nc(C(C)C)no2)cn1. The van der Waals surface area contributed by atoms with E-state index in [-0.39, 0.29) is 11.8 Å². The van der Waals surface area contributed by atoms with Crippen molar-refractivity contribution < 1.29 is 9.32 Å². The van der Waals surface area contributed by atoms with Gasteiger partial charge < -0.3 is 9.42 Å². The Morgan fingerprint density at radius 2 is 2.00 bits per heavy atom. The monoisotopic (exact) mass is 340 g/mol. The smallest absolute Gasteiger partial charge is 0.259 e. The van der Waals surface area contributed by atoms with Crippen molar-refractivity contribution in [2.24, 2.45) is 0 Å². The molecule has 0 saturated heterocycles. The molecule has 0 aliphatic heterocycles. The maximum atomic E-state index is 12.1. The van der Waals surface area contributed by atoms with Gasteiger partial charge in [-0.1, -0.05) is 19.0 Å². The molecule has 3 aromatic heterocycles. The summed E-state index contributed by atoms with van der Waals surface area (Å²) in [6.07, 6.45) is 3.21. The van der Waals surface area contributed by atoms with Crippen LogP contribution in [0.15, 0.2) is 29.0 Å². The van der Waals surface area contributed by atoms with Crippen LogP contribution < -0.4 is 0 Å². The first-order valence-corrected chi connectivity index (χ1v) is 7.95. The molecule has 0 unspecified atom stereocenters. The Bertz CT molecular complexity index is 892. The molecule has 0 radical (unpaired) electrons. The average Bonchev–Trinajstić information content (AvgIpc) is 3.21. The predicted molar refractivity (Wildman–Crippen MR) is 91.5 cm³/mol. The Kier molecular flexibility index (Phi) is 4.35. The third-order valence-electron chi connectivity index (χ3n) is 3.82. The van der Waals surface area contributed by atoms with Crippen LogP contribution in [0.1, 0.15) is 41.6 Å². The highest BCUT2D eigenvalue weighted by atomic mass is 16.5. The van der Waals surface area contributed by atoms with E-state index in [1.807, 2.05) is 26.8 Å². The fourth-order valence-electron chi connectivity index (χ4n) is 2.32. The summed E-state index contributed by atoms with van der Waals surface area (Å²) in [6.45, 7) is 5.85. The van der Waals surface area contributed by atoms with Gasteiger partial charge in [0.05, 0.1) is 23.0 Å².